The molecule has 22 heteroatoms. The van der Waals surface area contributed by atoms with E-state index in [0.29, 0.717) is 12.8 Å². The van der Waals surface area contributed by atoms with E-state index in [4.69, 9.17) is 27.9 Å². The van der Waals surface area contributed by atoms with Crippen LogP contribution in [0, 0.1) is 0 Å². The molecular formula is C61H87NNa2O17S2. The Kier molecular flexibility index (Phi) is 40.7. The predicted octanol–water partition coefficient (Wildman–Crippen LogP) is 5.96. The molecule has 0 radical (unpaired) electrons. The SMILES string of the molecule is CCCCCCCCCCCCC/C=C/[C@@H](OC(=O)c1ccccc1)[C@H](CO[C@H]1O[C@H](COS(=O)(=O)[O-])[C@@H](OS(=O)(=O)[O-])[C@H](OC(=O)c2ccccc2)[C@H]1OC(=O)c1ccccc1)NC(=O)CCCCCCCCCCCCCCC.[Na+].[Na+]. The Labute approximate surface area is 538 Å². The van der Waals surface area contributed by atoms with E-state index in [1.807, 2.05) is 6.08 Å². The molecular weight excluding hydrogens is 1130 g/mol. The number of allylic oxidation sites excluding steroid dienone is 1. The number of hydrogen-bond donors (Lipinski definition) is 1. The number of nitrogens with one attached hydrogen (secondary N) is 1. The third-order valence-electron chi connectivity index (χ3n) is 13.9. The third kappa shape index (κ3) is 33.0. The maximum Gasteiger partial charge on any atom is 1.00 e. The van der Waals surface area contributed by atoms with Crippen molar-refractivity contribution >= 4 is 44.6 Å². The van der Waals surface area contributed by atoms with E-state index in [1.54, 1.807) is 48.5 Å². The van der Waals surface area contributed by atoms with Crippen molar-refractivity contribution in [3.63, 3.8) is 0 Å². The molecule has 1 aliphatic heterocycles. The Bertz CT molecular complexity index is 2500. The summed E-state index contributed by atoms with van der Waals surface area (Å²) >= 11 is 0. The fraction of sp³-hybridized carbons (Fsp3) is 0.607. The van der Waals surface area contributed by atoms with Crippen molar-refractivity contribution in [2.45, 2.75) is 224 Å². The van der Waals surface area contributed by atoms with E-state index in [2.05, 4.69) is 23.3 Å². The van der Waals surface area contributed by atoms with E-state index >= 15 is 0 Å². The first-order chi connectivity index (χ1) is 39.1. The van der Waals surface area contributed by atoms with Crippen molar-refractivity contribution in [1.82, 2.24) is 5.32 Å². The van der Waals surface area contributed by atoms with Crippen molar-refractivity contribution in [2.75, 3.05) is 13.2 Å². The number of unbranched alkanes of at least 4 members (excludes halogenated alkanes) is 23. The maximum atomic E-state index is 14.0. The first kappa shape index (κ1) is 76.0. The number of rotatable bonds is 43. The first-order valence-corrected chi connectivity index (χ1v) is 32.0. The third-order valence-corrected chi connectivity index (χ3v) is 14.8. The van der Waals surface area contributed by atoms with Crippen LogP contribution in [0.3, 0.4) is 0 Å². The van der Waals surface area contributed by atoms with Gasteiger partial charge in [0, 0.05) is 6.42 Å². The Morgan fingerprint density at radius 2 is 0.952 bits per heavy atom. The van der Waals surface area contributed by atoms with Crippen LogP contribution in [0.2, 0.25) is 0 Å². The fourth-order valence-electron chi connectivity index (χ4n) is 9.52. The molecule has 18 nitrogen and oxygen atoms in total. The minimum Gasteiger partial charge on any atom is -0.726 e. The van der Waals surface area contributed by atoms with Gasteiger partial charge < -0.3 is 38.1 Å². The average Bonchev–Trinajstić information content (AvgIpc) is 3.60. The molecule has 0 saturated carbocycles. The maximum absolute atomic E-state index is 14.0. The smallest absolute Gasteiger partial charge is 0.726 e. The first-order valence-electron chi connectivity index (χ1n) is 29.3. The van der Waals surface area contributed by atoms with Gasteiger partial charge in [0.15, 0.2) is 18.5 Å². The van der Waals surface area contributed by atoms with Crippen LogP contribution in [0.1, 0.15) is 212 Å². The molecule has 7 atom stereocenters. The minimum absolute atomic E-state index is 0. The second kappa shape index (κ2) is 44.4. The Morgan fingerprint density at radius 3 is 1.39 bits per heavy atom. The van der Waals surface area contributed by atoms with Gasteiger partial charge in [0.05, 0.1) is 35.9 Å². The summed E-state index contributed by atoms with van der Waals surface area (Å²) in [6, 6.07) is 21.7. The molecule has 1 amide bonds. The van der Waals surface area contributed by atoms with Crippen LogP contribution < -0.4 is 64.4 Å². The van der Waals surface area contributed by atoms with Crippen LogP contribution in [0.15, 0.2) is 103 Å². The standard InChI is InChI=1S/C61H89NO17S2.2Na/c1-3-5-7-9-11-13-15-17-19-21-23-25-36-44-52(75-58(64)48-38-30-27-31-39-48)51(62-54(63)45-37-26-24-22-20-18-16-14-12-10-8-6-4-2)46-73-61-57(78-60(66)50-42-34-29-35-43-50)56(77-59(65)49-40-32-28-33-41-49)55(79-81(70,71)72)53(76-61)47-74-80(67,68)69;;/h27-36,38-44,51-53,55-57,61H,3-26,37,45-47H2,1-2H3,(H,62,63)(H,67,68,69)(H,70,71,72);;/q;2*+1/p-2/b44-36+;;/t51-,52+,53+,55+,56-,57+,61-;;/m0../s1. The van der Waals surface area contributed by atoms with Crippen LogP contribution in [0.25, 0.3) is 0 Å². The number of amides is 1. The van der Waals surface area contributed by atoms with Gasteiger partial charge in [-0.05, 0) is 61.7 Å². The summed E-state index contributed by atoms with van der Waals surface area (Å²) < 4.78 is 112. The van der Waals surface area contributed by atoms with Crippen LogP contribution >= 0.6 is 0 Å². The van der Waals surface area contributed by atoms with Crippen molar-refractivity contribution in [2.24, 2.45) is 0 Å². The molecule has 0 bridgehead atoms. The van der Waals surface area contributed by atoms with Gasteiger partial charge in [-0.15, -0.1) is 0 Å². The van der Waals surface area contributed by atoms with Crippen LogP contribution in [-0.2, 0) is 57.6 Å². The van der Waals surface area contributed by atoms with Crippen molar-refractivity contribution in [3.05, 3.63) is 120 Å². The zero-order chi connectivity index (χ0) is 58.6. The predicted molar refractivity (Wildman–Crippen MR) is 304 cm³/mol. The zero-order valence-corrected chi connectivity index (χ0v) is 55.0. The molecule has 1 fully saturated rings. The van der Waals surface area contributed by atoms with Crippen LogP contribution in [0.4, 0.5) is 0 Å². The molecule has 0 aliphatic carbocycles. The average molecular weight is 1220 g/mol. The normalized spacial score (nSPS) is 17.8. The summed E-state index contributed by atoms with van der Waals surface area (Å²) in [5, 5.41) is 2.96. The summed E-state index contributed by atoms with van der Waals surface area (Å²) in [6.07, 6.45) is 19.3. The van der Waals surface area contributed by atoms with Gasteiger partial charge in [0.1, 0.15) is 18.3 Å². The molecule has 1 heterocycles. The van der Waals surface area contributed by atoms with Crippen LogP contribution in [-0.4, -0.2) is 106 Å². The molecule has 1 aliphatic rings. The molecule has 3 aromatic carbocycles. The number of carbonyl (C=O) groups is 4. The summed E-state index contributed by atoms with van der Waals surface area (Å²) in [7, 11) is -11.3. The number of ether oxygens (including phenoxy) is 5. The van der Waals surface area contributed by atoms with Gasteiger partial charge in [-0.3, -0.25) is 13.2 Å². The van der Waals surface area contributed by atoms with Gasteiger partial charge in [-0.2, -0.15) is 0 Å². The number of carbonyl (C=O) groups excluding carboxylic acids is 4. The van der Waals surface area contributed by atoms with Crippen LogP contribution in [0.5, 0.6) is 0 Å². The Balaban J connectivity index is 0.0000118. The molecule has 83 heavy (non-hydrogen) atoms. The molecule has 1 N–H and O–H groups in total. The molecule has 3 aromatic rings. The fourth-order valence-corrected chi connectivity index (χ4v) is 10.3. The summed E-state index contributed by atoms with van der Waals surface area (Å²) in [5.74, 6) is -3.38. The monoisotopic (exact) mass is 1220 g/mol. The van der Waals surface area contributed by atoms with E-state index in [1.165, 1.54) is 138 Å². The van der Waals surface area contributed by atoms with E-state index < -0.39 is 101 Å². The number of benzene rings is 3. The quantitative estimate of drug-likeness (QED) is 0.0130. The van der Waals surface area contributed by atoms with Gasteiger partial charge in [-0.1, -0.05) is 216 Å². The largest absolute Gasteiger partial charge is 1.00 e. The van der Waals surface area contributed by atoms with Crippen molar-refractivity contribution in [1.29, 1.82) is 0 Å². The van der Waals surface area contributed by atoms with Gasteiger partial charge in [0.25, 0.3) is 0 Å². The molecule has 452 valence electrons. The van der Waals surface area contributed by atoms with Crippen molar-refractivity contribution < 1.29 is 136 Å². The molecule has 4 rings (SSSR count). The minimum atomic E-state index is -5.79. The van der Waals surface area contributed by atoms with Gasteiger partial charge >= 0.3 is 77.0 Å². The molecule has 0 unspecified atom stereocenters. The summed E-state index contributed by atoms with van der Waals surface area (Å²) in [6.45, 7) is 2.48. The van der Waals surface area contributed by atoms with E-state index in [0.717, 1.165) is 57.8 Å². The zero-order valence-electron chi connectivity index (χ0n) is 49.4. The van der Waals surface area contributed by atoms with Crippen molar-refractivity contribution in [3.8, 4) is 0 Å². The van der Waals surface area contributed by atoms with Gasteiger partial charge in [-0.25, -0.2) is 31.2 Å². The molecule has 0 aromatic heterocycles. The second-order valence-corrected chi connectivity index (χ2v) is 22.7. The van der Waals surface area contributed by atoms with E-state index in [9.17, 15) is 45.1 Å². The van der Waals surface area contributed by atoms with Gasteiger partial charge in [0.2, 0.25) is 26.7 Å². The molecule has 0 spiro atoms. The topological polar surface area (TPSA) is 259 Å². The molecule has 1 saturated heterocycles. The van der Waals surface area contributed by atoms with E-state index in [-0.39, 0.29) is 82.2 Å². The number of hydrogen-bond acceptors (Lipinski definition) is 17. The summed E-state index contributed by atoms with van der Waals surface area (Å²) in [5.41, 5.74) is 0.0687. The number of esters is 3. The second-order valence-electron chi connectivity index (χ2n) is 20.7. The Morgan fingerprint density at radius 1 is 0.542 bits per heavy atom. The Hall–Kier alpha value is -3.06. The summed E-state index contributed by atoms with van der Waals surface area (Å²) in [4.78, 5) is 55.7.